The first-order valence-electron chi connectivity index (χ1n) is 14.8. The van der Waals surface area contributed by atoms with Crippen molar-refractivity contribution in [3.8, 4) is 0 Å². The number of aliphatic hydroxyl groups excluding tert-OH is 4. The van der Waals surface area contributed by atoms with E-state index in [4.69, 9.17) is 4.74 Å². The monoisotopic (exact) mass is 562 g/mol. The van der Waals surface area contributed by atoms with Gasteiger partial charge in [0, 0.05) is 19.2 Å². The number of carbonyl (C=O) groups excluding carboxylic acids is 2. The average Bonchev–Trinajstić information content (AvgIpc) is 2.92. The number of nitrogens with one attached hydrogen (secondary N) is 2. The summed E-state index contributed by atoms with van der Waals surface area (Å²) in [5.41, 5.74) is -0.954. The third-order valence-electron chi connectivity index (χ3n) is 7.18. The van der Waals surface area contributed by atoms with E-state index in [1.54, 1.807) is 0 Å². The molecule has 6 N–H and O–H groups in total. The minimum atomic E-state index is -1.48. The SMILES string of the molecule is CCCCCCCCCCCCCCCCCC(=O)N[C@@H](CS[C@@H]1OC(CO)[C@H](O)[C@H](O)C1O)C(=O)NC. The lowest BCUT2D eigenvalue weighted by Gasteiger charge is -2.39. The zero-order valence-corrected chi connectivity index (χ0v) is 24.4. The average molecular weight is 563 g/mol. The quantitative estimate of drug-likeness (QED) is 0.110. The first-order valence-corrected chi connectivity index (χ1v) is 15.8. The molecular weight excluding hydrogens is 508 g/mol. The van der Waals surface area contributed by atoms with Crippen LogP contribution in [-0.2, 0) is 14.3 Å². The van der Waals surface area contributed by atoms with Crippen molar-refractivity contribution in [2.75, 3.05) is 19.4 Å². The van der Waals surface area contributed by atoms with Gasteiger partial charge in [0.1, 0.15) is 35.9 Å². The molecule has 10 heteroatoms. The van der Waals surface area contributed by atoms with Crippen molar-refractivity contribution in [1.82, 2.24) is 10.6 Å². The molecule has 1 saturated heterocycles. The molecule has 1 heterocycles. The van der Waals surface area contributed by atoms with Crippen molar-refractivity contribution >= 4 is 23.6 Å². The van der Waals surface area contributed by atoms with Crippen LogP contribution in [0.4, 0.5) is 0 Å². The van der Waals surface area contributed by atoms with E-state index in [0.29, 0.717) is 6.42 Å². The second kappa shape index (κ2) is 21.9. The lowest BCUT2D eigenvalue weighted by Crippen LogP contribution is -2.58. The molecule has 0 aromatic carbocycles. The molecule has 0 aromatic rings. The van der Waals surface area contributed by atoms with Gasteiger partial charge in [0.05, 0.1) is 6.61 Å². The highest BCUT2D eigenvalue weighted by Gasteiger charge is 2.43. The van der Waals surface area contributed by atoms with Gasteiger partial charge in [-0.15, -0.1) is 11.8 Å². The Hall–Kier alpha value is -0.910. The molecule has 1 rings (SSSR count). The topological polar surface area (TPSA) is 148 Å². The summed E-state index contributed by atoms with van der Waals surface area (Å²) in [6, 6.07) is -0.832. The number of carbonyl (C=O) groups is 2. The van der Waals surface area contributed by atoms with Crippen LogP contribution < -0.4 is 10.6 Å². The number of hydrogen-bond donors (Lipinski definition) is 6. The van der Waals surface area contributed by atoms with Crippen molar-refractivity contribution in [3.05, 3.63) is 0 Å². The molecule has 0 bridgehead atoms. The number of rotatable bonds is 22. The molecule has 0 aromatic heterocycles. The molecule has 0 radical (unpaired) electrons. The minimum absolute atomic E-state index is 0.104. The summed E-state index contributed by atoms with van der Waals surface area (Å²) in [5, 5.41) is 44.6. The van der Waals surface area contributed by atoms with E-state index < -0.39 is 42.5 Å². The highest BCUT2D eigenvalue weighted by Crippen LogP contribution is 2.29. The molecular formula is C28H54N2O7S. The number of ether oxygens (including phenoxy) is 1. The molecule has 1 aliphatic rings. The summed E-state index contributed by atoms with van der Waals surface area (Å²) >= 11 is 1.04. The maximum atomic E-state index is 12.4. The van der Waals surface area contributed by atoms with E-state index in [0.717, 1.165) is 31.0 Å². The Morgan fingerprint density at radius 2 is 1.29 bits per heavy atom. The number of likely N-dealkylation sites (N-methyl/N-ethyl adjacent to an activating group) is 1. The van der Waals surface area contributed by atoms with Crippen LogP contribution >= 0.6 is 11.8 Å². The Morgan fingerprint density at radius 1 is 0.789 bits per heavy atom. The predicted molar refractivity (Wildman–Crippen MR) is 152 cm³/mol. The van der Waals surface area contributed by atoms with Crippen LogP contribution in [0.5, 0.6) is 0 Å². The molecule has 0 aliphatic carbocycles. The van der Waals surface area contributed by atoms with Gasteiger partial charge in [0.15, 0.2) is 0 Å². The fourth-order valence-electron chi connectivity index (χ4n) is 4.68. The highest BCUT2D eigenvalue weighted by atomic mass is 32.2. The smallest absolute Gasteiger partial charge is 0.243 e. The number of unbranched alkanes of at least 4 members (excludes halogenated alkanes) is 14. The van der Waals surface area contributed by atoms with E-state index >= 15 is 0 Å². The standard InChI is InChI=1S/C28H54N2O7S/c1-3-4-5-6-7-8-9-10-11-12-13-14-15-16-17-18-23(32)30-21(27(36)29-2)20-38-28-26(35)25(34)24(33)22(19-31)37-28/h21-22,24-26,28,31,33-35H,3-20H2,1-2H3,(H,29,36)(H,30,32)/t21-,22?,24-,25-,26?,28-/m0/s1. The van der Waals surface area contributed by atoms with Crippen LogP contribution in [0.2, 0.25) is 0 Å². The van der Waals surface area contributed by atoms with E-state index in [1.165, 1.54) is 84.1 Å². The zero-order valence-electron chi connectivity index (χ0n) is 23.6. The van der Waals surface area contributed by atoms with Gasteiger partial charge in [-0.05, 0) is 6.42 Å². The predicted octanol–water partition coefficient (Wildman–Crippen LogP) is 3.01. The lowest BCUT2D eigenvalue weighted by atomic mass is 10.0. The fraction of sp³-hybridized carbons (Fsp3) is 0.929. The summed E-state index contributed by atoms with van der Waals surface area (Å²) < 4.78 is 5.47. The molecule has 2 unspecified atom stereocenters. The molecule has 224 valence electrons. The number of hydrogen-bond acceptors (Lipinski definition) is 8. The third kappa shape index (κ3) is 14.5. The van der Waals surface area contributed by atoms with Crippen molar-refractivity contribution in [1.29, 1.82) is 0 Å². The Bertz CT molecular complexity index is 626. The first-order chi connectivity index (χ1) is 18.3. The van der Waals surface area contributed by atoms with E-state index in [2.05, 4.69) is 17.6 Å². The summed E-state index contributed by atoms with van der Waals surface area (Å²) in [4.78, 5) is 24.7. The molecule has 2 amide bonds. The number of thioether (sulfide) groups is 1. The normalized spacial score (nSPS) is 24.2. The molecule has 0 spiro atoms. The summed E-state index contributed by atoms with van der Waals surface area (Å²) in [7, 11) is 1.48. The van der Waals surface area contributed by atoms with Crippen LogP contribution in [0.25, 0.3) is 0 Å². The molecule has 1 fully saturated rings. The number of aliphatic hydroxyl groups is 4. The Labute approximate surface area is 233 Å². The lowest BCUT2D eigenvalue weighted by molar-refractivity contribution is -0.205. The van der Waals surface area contributed by atoms with Crippen molar-refractivity contribution in [2.45, 2.75) is 146 Å². The number of amides is 2. The van der Waals surface area contributed by atoms with Gasteiger partial charge in [-0.3, -0.25) is 9.59 Å². The fourth-order valence-corrected chi connectivity index (χ4v) is 5.87. The van der Waals surface area contributed by atoms with Crippen molar-refractivity contribution < 1.29 is 34.8 Å². The van der Waals surface area contributed by atoms with E-state index in [-0.39, 0.29) is 17.6 Å². The van der Waals surface area contributed by atoms with Crippen LogP contribution in [0, 0.1) is 0 Å². The molecule has 9 nitrogen and oxygen atoms in total. The maximum Gasteiger partial charge on any atom is 0.243 e. The first kappa shape index (κ1) is 35.1. The highest BCUT2D eigenvalue weighted by molar-refractivity contribution is 7.99. The second-order valence-electron chi connectivity index (χ2n) is 10.5. The van der Waals surface area contributed by atoms with Crippen LogP contribution in [-0.4, -0.2) is 87.5 Å². The van der Waals surface area contributed by atoms with Crippen LogP contribution in [0.15, 0.2) is 0 Å². The van der Waals surface area contributed by atoms with Gasteiger partial charge >= 0.3 is 0 Å². The summed E-state index contributed by atoms with van der Waals surface area (Å²) in [6.45, 7) is 1.74. The van der Waals surface area contributed by atoms with Crippen LogP contribution in [0.3, 0.4) is 0 Å². The largest absolute Gasteiger partial charge is 0.394 e. The van der Waals surface area contributed by atoms with Crippen molar-refractivity contribution in [2.24, 2.45) is 0 Å². The van der Waals surface area contributed by atoms with Crippen LogP contribution in [0.1, 0.15) is 110 Å². The second-order valence-corrected chi connectivity index (χ2v) is 11.6. The zero-order chi connectivity index (χ0) is 28.2. The Morgan fingerprint density at radius 3 is 1.76 bits per heavy atom. The summed E-state index contributed by atoms with van der Waals surface area (Å²) in [6.07, 6.45) is 13.8. The van der Waals surface area contributed by atoms with Gasteiger partial charge in [-0.25, -0.2) is 0 Å². The summed E-state index contributed by atoms with van der Waals surface area (Å²) in [5.74, 6) is -0.470. The Kier molecular flexibility index (Phi) is 20.2. The van der Waals surface area contributed by atoms with Crippen molar-refractivity contribution in [3.63, 3.8) is 0 Å². The third-order valence-corrected chi connectivity index (χ3v) is 8.43. The van der Waals surface area contributed by atoms with Gasteiger partial charge in [-0.1, -0.05) is 96.8 Å². The maximum absolute atomic E-state index is 12.4. The Balaban J connectivity index is 2.16. The van der Waals surface area contributed by atoms with E-state index in [9.17, 15) is 30.0 Å². The molecule has 6 atom stereocenters. The van der Waals surface area contributed by atoms with Gasteiger partial charge in [0.25, 0.3) is 0 Å². The minimum Gasteiger partial charge on any atom is -0.394 e. The van der Waals surface area contributed by atoms with E-state index in [1.807, 2.05) is 0 Å². The molecule has 1 aliphatic heterocycles. The van der Waals surface area contributed by atoms with Gasteiger partial charge in [0.2, 0.25) is 11.8 Å². The van der Waals surface area contributed by atoms with Gasteiger partial charge in [-0.2, -0.15) is 0 Å². The van der Waals surface area contributed by atoms with Gasteiger partial charge < -0.3 is 35.8 Å². The molecule has 38 heavy (non-hydrogen) atoms. The molecule has 0 saturated carbocycles.